The molecule has 0 bridgehead atoms. The molecule has 1 amide bonds. The monoisotopic (exact) mass is 727 g/mol. The van der Waals surface area contributed by atoms with Crippen molar-refractivity contribution >= 4 is 66.3 Å². The van der Waals surface area contributed by atoms with Crippen LogP contribution in [0, 0.1) is 0 Å². The Hall–Kier alpha value is -2.06. The number of nitrogens with one attached hydrogen (secondary N) is 1. The first-order chi connectivity index (χ1) is 21.1. The maximum atomic E-state index is 14.5. The van der Waals surface area contributed by atoms with Crippen LogP contribution < -0.4 is 5.32 Å². The quantitative estimate of drug-likeness (QED) is 0.0415. The molecule has 0 aromatic carbocycles. The molecule has 1 heterocycles. The third-order valence-corrected chi connectivity index (χ3v) is 10.1. The van der Waals surface area contributed by atoms with Gasteiger partial charge in [0.25, 0.3) is 5.24 Å². The van der Waals surface area contributed by atoms with Crippen LogP contribution in [0.15, 0.2) is 10.5 Å². The average molecular weight is 728 g/mol. The Morgan fingerprint density at radius 1 is 0.889 bits per heavy atom. The van der Waals surface area contributed by atoms with Gasteiger partial charge in [-0.25, -0.2) is 38.5 Å². The fourth-order valence-corrected chi connectivity index (χ4v) is 7.71. The second-order valence-corrected chi connectivity index (χ2v) is 14.5. The number of thiazole rings is 1. The number of amides is 1. The molecular formula is C22H36ClN3O16P2S. The standard InChI is InChI=1S/C22H36ClN3O16P2S/c1-9-33-39-43(30,40-34-10-2)22(38-20(29)37-21(5,6)7,44(31,41-35-11-3)42-36-12-4)13-16(27)25-19-24-15(14-45-19)17(18(23)28)26-32-8/h14H,9-13H2,1-8H3,(H,24,25,27)/b26-17-. The highest BCUT2D eigenvalue weighted by molar-refractivity contribution is 7.73. The van der Waals surface area contributed by atoms with Crippen LogP contribution in [0.3, 0.4) is 0 Å². The molecule has 0 saturated carbocycles. The van der Waals surface area contributed by atoms with Crippen LogP contribution in [0.1, 0.15) is 60.6 Å². The zero-order chi connectivity index (χ0) is 34.3. The summed E-state index contributed by atoms with van der Waals surface area (Å²) in [5.41, 5.74) is -1.72. The Morgan fingerprint density at radius 3 is 1.73 bits per heavy atom. The molecule has 19 nitrogen and oxygen atoms in total. The lowest BCUT2D eigenvalue weighted by Crippen LogP contribution is -2.42. The molecule has 0 saturated heterocycles. The molecule has 0 aliphatic rings. The summed E-state index contributed by atoms with van der Waals surface area (Å²) in [7, 11) is -9.88. The van der Waals surface area contributed by atoms with Crippen LogP contribution in [0.5, 0.6) is 0 Å². The van der Waals surface area contributed by atoms with Gasteiger partial charge in [-0.1, -0.05) is 5.16 Å². The van der Waals surface area contributed by atoms with Gasteiger partial charge < -0.3 is 19.6 Å². The molecule has 1 rings (SSSR count). The van der Waals surface area contributed by atoms with Gasteiger partial charge >= 0.3 is 26.4 Å². The van der Waals surface area contributed by atoms with Crippen molar-refractivity contribution in [2.24, 2.45) is 5.16 Å². The van der Waals surface area contributed by atoms with Crippen LogP contribution in [0.25, 0.3) is 0 Å². The van der Waals surface area contributed by atoms with Crippen LogP contribution in [0.2, 0.25) is 0 Å². The summed E-state index contributed by atoms with van der Waals surface area (Å²) in [6.07, 6.45) is -3.06. The van der Waals surface area contributed by atoms with Crippen LogP contribution in [-0.2, 0) is 71.3 Å². The van der Waals surface area contributed by atoms with Gasteiger partial charge in [-0.15, -0.1) is 30.0 Å². The third kappa shape index (κ3) is 11.9. The zero-order valence-corrected chi connectivity index (χ0v) is 29.1. The Kier molecular flexibility index (Phi) is 17.2. The summed E-state index contributed by atoms with van der Waals surface area (Å²) >= 11 is 6.31. The average Bonchev–Trinajstić information content (AvgIpc) is 3.41. The Balaban J connectivity index is 3.92. The number of halogens is 1. The number of anilines is 1. The van der Waals surface area contributed by atoms with Gasteiger partial charge in [0.05, 0.1) is 32.8 Å². The molecule has 0 fully saturated rings. The number of hydrogen-bond acceptors (Lipinski definition) is 19. The highest BCUT2D eigenvalue weighted by Crippen LogP contribution is 2.80. The van der Waals surface area contributed by atoms with Crippen molar-refractivity contribution in [3.8, 4) is 0 Å². The van der Waals surface area contributed by atoms with Gasteiger partial charge in [0.15, 0.2) is 10.8 Å². The molecule has 23 heteroatoms. The van der Waals surface area contributed by atoms with Gasteiger partial charge in [-0.2, -0.15) is 0 Å². The number of aromatic nitrogens is 1. The minimum absolute atomic E-state index is 0.0940. The molecule has 0 aliphatic heterocycles. The molecule has 1 N–H and O–H groups in total. The first kappa shape index (κ1) is 41.0. The number of hydrogen-bond donors (Lipinski definition) is 1. The summed E-state index contributed by atoms with van der Waals surface area (Å²) in [5, 5.41) is 2.40. The lowest BCUT2D eigenvalue weighted by atomic mass is 10.2. The Morgan fingerprint density at radius 2 is 1.36 bits per heavy atom. The van der Waals surface area contributed by atoms with Gasteiger partial charge in [-0.3, -0.25) is 9.59 Å². The maximum absolute atomic E-state index is 14.5. The normalized spacial score (nSPS) is 13.0. The van der Waals surface area contributed by atoms with E-state index in [-0.39, 0.29) is 37.3 Å². The second-order valence-electron chi connectivity index (χ2n) is 8.89. The van der Waals surface area contributed by atoms with Gasteiger partial charge in [-0.05, 0) is 60.1 Å². The lowest BCUT2D eigenvalue weighted by molar-refractivity contribution is -0.283. The summed E-state index contributed by atoms with van der Waals surface area (Å²) in [6, 6.07) is 0. The van der Waals surface area contributed by atoms with Crippen molar-refractivity contribution in [2.45, 2.75) is 65.6 Å². The summed E-state index contributed by atoms with van der Waals surface area (Å²) < 4.78 is 59.5. The maximum Gasteiger partial charge on any atom is 0.510 e. The van der Waals surface area contributed by atoms with E-state index in [1.807, 2.05) is 0 Å². The van der Waals surface area contributed by atoms with Gasteiger partial charge in [0.2, 0.25) is 5.91 Å². The predicted molar refractivity (Wildman–Crippen MR) is 156 cm³/mol. The Bertz CT molecular complexity index is 1200. The molecule has 1 aromatic heterocycles. The van der Waals surface area contributed by atoms with E-state index >= 15 is 0 Å². The predicted octanol–water partition coefficient (Wildman–Crippen LogP) is 5.45. The summed E-state index contributed by atoms with van der Waals surface area (Å²) in [4.78, 5) is 66.4. The first-order valence-corrected chi connectivity index (χ1v) is 17.4. The first-order valence-electron chi connectivity index (χ1n) is 13.0. The van der Waals surface area contributed by atoms with Crippen molar-refractivity contribution < 1.29 is 76.1 Å². The minimum Gasteiger partial charge on any atom is -0.429 e. The van der Waals surface area contributed by atoms with E-state index in [1.54, 1.807) is 0 Å². The van der Waals surface area contributed by atoms with E-state index < -0.39 is 55.3 Å². The molecule has 0 spiro atoms. The van der Waals surface area contributed by atoms with Gasteiger partial charge in [0, 0.05) is 5.38 Å². The number of oxime groups is 1. The molecule has 0 atom stereocenters. The smallest absolute Gasteiger partial charge is 0.429 e. The van der Waals surface area contributed by atoms with E-state index in [0.29, 0.717) is 0 Å². The van der Waals surface area contributed by atoms with Crippen LogP contribution in [0.4, 0.5) is 9.93 Å². The highest BCUT2D eigenvalue weighted by atomic mass is 35.5. The lowest BCUT2D eigenvalue weighted by Gasteiger charge is -2.38. The van der Waals surface area contributed by atoms with E-state index in [2.05, 4.69) is 20.3 Å². The summed E-state index contributed by atoms with van der Waals surface area (Å²) in [5.74, 6) is -1.22. The van der Waals surface area contributed by atoms with Crippen LogP contribution in [-0.4, -0.2) is 72.2 Å². The van der Waals surface area contributed by atoms with Crippen molar-refractivity contribution in [1.82, 2.24) is 4.98 Å². The number of carbonyl (C=O) groups is 3. The van der Waals surface area contributed by atoms with Crippen LogP contribution >= 0.6 is 38.1 Å². The van der Waals surface area contributed by atoms with E-state index in [9.17, 15) is 23.5 Å². The molecule has 45 heavy (non-hydrogen) atoms. The molecule has 1 aromatic rings. The highest BCUT2D eigenvalue weighted by Gasteiger charge is 2.74. The zero-order valence-electron chi connectivity index (χ0n) is 25.7. The fourth-order valence-electron chi connectivity index (χ4n) is 2.73. The number of nitrogens with zero attached hydrogens (tertiary/aromatic N) is 2. The molecular weight excluding hydrogens is 692 g/mol. The number of carbonyl (C=O) groups excluding carboxylic acids is 3. The minimum atomic E-state index is -5.52. The number of rotatable bonds is 21. The largest absolute Gasteiger partial charge is 0.510 e. The van der Waals surface area contributed by atoms with Crippen molar-refractivity contribution in [1.29, 1.82) is 0 Å². The van der Waals surface area contributed by atoms with Crippen molar-refractivity contribution in [2.75, 3.05) is 38.9 Å². The van der Waals surface area contributed by atoms with E-state index in [4.69, 9.17) is 59.3 Å². The molecule has 0 unspecified atom stereocenters. The number of ether oxygens (including phenoxy) is 2. The van der Waals surface area contributed by atoms with E-state index in [1.165, 1.54) is 61.0 Å². The molecule has 258 valence electrons. The summed E-state index contributed by atoms with van der Waals surface area (Å²) in [6.45, 7) is 8.85. The topological polar surface area (TPSA) is 224 Å². The third-order valence-electron chi connectivity index (χ3n) is 4.32. The van der Waals surface area contributed by atoms with Gasteiger partial charge in [0.1, 0.15) is 18.4 Å². The van der Waals surface area contributed by atoms with Crippen molar-refractivity contribution in [3.63, 3.8) is 0 Å². The molecule has 0 radical (unpaired) electrons. The molecule has 0 aliphatic carbocycles. The SMILES string of the molecule is CCOOP(=O)(OOCC)C(CC(=O)Nc1nc(/C(=N/OC)C(=O)Cl)cs1)(OC(=O)OC(C)(C)C)P(=O)(OOCC)OOCC. The second kappa shape index (κ2) is 18.9. The Labute approximate surface area is 267 Å². The fraction of sp³-hybridized carbons (Fsp3) is 0.682. The van der Waals surface area contributed by atoms with Crippen molar-refractivity contribution in [3.05, 3.63) is 11.1 Å². The van der Waals surface area contributed by atoms with E-state index in [0.717, 1.165) is 11.3 Å².